The van der Waals surface area contributed by atoms with Gasteiger partial charge < -0.3 is 33.8 Å². The third-order valence-electron chi connectivity index (χ3n) is 15.2. The molecule has 100 heavy (non-hydrogen) atoms. The summed E-state index contributed by atoms with van der Waals surface area (Å²) in [5.74, 6) is -2.30. The van der Waals surface area contributed by atoms with Crippen molar-refractivity contribution in [2.75, 3.05) is 39.6 Å². The Labute approximate surface area is 605 Å². The molecule has 0 spiro atoms. The Kier molecular flexibility index (Phi) is 68.6. The Hall–Kier alpha value is -5.06. The van der Waals surface area contributed by atoms with E-state index in [1.807, 2.05) is 12.2 Å². The zero-order valence-electron chi connectivity index (χ0n) is 62.1. The third-order valence-corrected chi connectivity index (χ3v) is 17.2. The molecule has 0 aromatic rings. The maximum Gasteiger partial charge on any atom is 0.472 e. The Morgan fingerprint density at radius 1 is 0.290 bits per heavy atom. The molecule has 0 aromatic carbocycles. The van der Waals surface area contributed by atoms with E-state index in [0.29, 0.717) is 32.1 Å². The smallest absolute Gasteiger partial charge is 0.462 e. The minimum atomic E-state index is -5.00. The lowest BCUT2D eigenvalue weighted by atomic mass is 10.1. The Morgan fingerprint density at radius 3 is 0.880 bits per heavy atom. The largest absolute Gasteiger partial charge is 0.472 e. The second-order valence-electron chi connectivity index (χ2n) is 24.8. The number of aliphatic hydroxyl groups is 1. The van der Waals surface area contributed by atoms with E-state index < -0.39 is 97.5 Å². The molecule has 0 saturated carbocycles. The summed E-state index contributed by atoms with van der Waals surface area (Å²) < 4.78 is 68.4. The molecule has 0 radical (unpaired) electrons. The molecule has 570 valence electrons. The number of carbonyl (C=O) groups is 4. The first-order chi connectivity index (χ1) is 48.7. The van der Waals surface area contributed by atoms with Crippen molar-refractivity contribution in [2.24, 2.45) is 0 Å². The van der Waals surface area contributed by atoms with E-state index in [1.165, 1.54) is 19.3 Å². The molecule has 0 aromatic heterocycles. The van der Waals surface area contributed by atoms with Crippen molar-refractivity contribution in [3.05, 3.63) is 146 Å². The number of phosphoric acid groups is 2. The van der Waals surface area contributed by atoms with Crippen molar-refractivity contribution in [3.63, 3.8) is 0 Å². The average Bonchev–Trinajstić information content (AvgIpc) is 0.965. The maximum absolute atomic E-state index is 13.1. The van der Waals surface area contributed by atoms with Gasteiger partial charge in [-0.25, -0.2) is 9.13 Å². The van der Waals surface area contributed by atoms with Gasteiger partial charge in [0.05, 0.1) is 26.4 Å². The number of unbranched alkanes of at least 4 members (excludes halogenated alkanes) is 20. The van der Waals surface area contributed by atoms with Crippen molar-refractivity contribution in [1.82, 2.24) is 0 Å². The third kappa shape index (κ3) is 71.3. The van der Waals surface area contributed by atoms with Crippen molar-refractivity contribution in [3.8, 4) is 0 Å². The van der Waals surface area contributed by atoms with Crippen LogP contribution in [0.4, 0.5) is 0 Å². The highest BCUT2D eigenvalue weighted by molar-refractivity contribution is 7.47. The van der Waals surface area contributed by atoms with Gasteiger partial charge in [0.2, 0.25) is 0 Å². The van der Waals surface area contributed by atoms with Crippen LogP contribution in [0, 0.1) is 0 Å². The minimum absolute atomic E-state index is 0.0616. The fraction of sp³-hybridized carbons (Fsp3) is 0.654. The molecule has 0 bridgehead atoms. The lowest BCUT2D eigenvalue weighted by Gasteiger charge is -2.21. The highest BCUT2D eigenvalue weighted by Gasteiger charge is 2.30. The number of rotatable bonds is 70. The SMILES string of the molecule is CC/C=C\C/C=C\C/C=C\C/C=C\C/C=C\CCCC(=O)OCC(COP(=O)(O)OCC(O)COP(=O)(O)OCC(COC(=O)CCCCCCC/C=C\C/C=C\C/C=C\CC)OC(=O)CCCCCCC/C=C\C/C=C\CCCCC)OC(=O)CCCCCCC/C=C\C/C=C\CCC. The van der Waals surface area contributed by atoms with E-state index in [0.717, 1.165) is 180 Å². The molecule has 0 saturated heterocycles. The lowest BCUT2D eigenvalue weighted by Crippen LogP contribution is -2.30. The summed E-state index contributed by atoms with van der Waals surface area (Å²) in [6.45, 7) is 4.42. The number of ether oxygens (including phenoxy) is 4. The van der Waals surface area contributed by atoms with Crippen LogP contribution >= 0.6 is 15.6 Å². The van der Waals surface area contributed by atoms with Crippen molar-refractivity contribution in [1.29, 1.82) is 0 Å². The monoisotopic (exact) mass is 1440 g/mol. The van der Waals surface area contributed by atoms with Gasteiger partial charge in [-0.15, -0.1) is 0 Å². The lowest BCUT2D eigenvalue weighted by molar-refractivity contribution is -0.161. The summed E-state index contributed by atoms with van der Waals surface area (Å²) in [6.07, 6.45) is 81.3. The number of hydrogen-bond donors (Lipinski definition) is 3. The van der Waals surface area contributed by atoms with Gasteiger partial charge in [-0.2, -0.15) is 0 Å². The van der Waals surface area contributed by atoms with Crippen LogP contribution in [0.2, 0.25) is 0 Å². The number of hydrogen-bond acceptors (Lipinski definition) is 15. The molecule has 5 unspecified atom stereocenters. The summed E-state index contributed by atoms with van der Waals surface area (Å²) in [7, 11) is -9.99. The zero-order chi connectivity index (χ0) is 73.2. The molecule has 0 aliphatic carbocycles. The van der Waals surface area contributed by atoms with Crippen molar-refractivity contribution < 1.29 is 80.2 Å². The summed E-state index contributed by atoms with van der Waals surface area (Å²) in [6, 6.07) is 0. The molecule has 0 aliphatic rings. The van der Waals surface area contributed by atoms with Gasteiger partial charge in [-0.05, 0) is 154 Å². The number of phosphoric ester groups is 2. The second kappa shape index (κ2) is 72.3. The second-order valence-corrected chi connectivity index (χ2v) is 27.7. The highest BCUT2D eigenvalue weighted by atomic mass is 31.2. The normalized spacial score (nSPS) is 14.8. The van der Waals surface area contributed by atoms with Crippen molar-refractivity contribution in [2.45, 2.75) is 303 Å². The summed E-state index contributed by atoms with van der Waals surface area (Å²) in [5, 5.41) is 10.6. The summed E-state index contributed by atoms with van der Waals surface area (Å²) in [4.78, 5) is 72.8. The number of carbonyl (C=O) groups excluding carboxylic acids is 4. The Bertz CT molecular complexity index is 2470. The molecule has 0 amide bonds. The molecule has 19 heteroatoms. The number of aliphatic hydroxyl groups excluding tert-OH is 1. The van der Waals surface area contributed by atoms with Crippen LogP contribution in [-0.2, 0) is 65.4 Å². The van der Waals surface area contributed by atoms with Gasteiger partial charge in [0.1, 0.15) is 19.3 Å². The Morgan fingerprint density at radius 2 is 0.550 bits per heavy atom. The van der Waals surface area contributed by atoms with Gasteiger partial charge in [0.25, 0.3) is 0 Å². The van der Waals surface area contributed by atoms with E-state index in [-0.39, 0.29) is 25.7 Å². The van der Waals surface area contributed by atoms with E-state index in [1.54, 1.807) is 0 Å². The fourth-order valence-corrected chi connectivity index (χ4v) is 11.1. The van der Waals surface area contributed by atoms with Crippen LogP contribution in [0.25, 0.3) is 0 Å². The van der Waals surface area contributed by atoms with Crippen LogP contribution in [0.15, 0.2) is 146 Å². The van der Waals surface area contributed by atoms with E-state index >= 15 is 0 Å². The zero-order valence-corrected chi connectivity index (χ0v) is 63.9. The fourth-order valence-electron chi connectivity index (χ4n) is 9.51. The first-order valence-corrected chi connectivity index (χ1v) is 41.1. The highest BCUT2D eigenvalue weighted by Crippen LogP contribution is 2.45. The van der Waals surface area contributed by atoms with Crippen LogP contribution in [0.3, 0.4) is 0 Å². The quantitative estimate of drug-likeness (QED) is 0.0169. The Balaban J connectivity index is 5.44. The van der Waals surface area contributed by atoms with Gasteiger partial charge >= 0.3 is 39.5 Å². The molecular weight excluding hydrogens is 1310 g/mol. The predicted molar refractivity (Wildman–Crippen MR) is 408 cm³/mol. The standard InChI is InChI=1S/C81H134O17P2/c1-5-9-13-17-21-25-29-33-36-37-40-43-46-50-54-58-62-66-79(84)92-71-76(97-80(85)67-63-59-55-51-47-41-32-28-24-20-16-12-8-4)73-95-99(87,88)93-69-75(82)70-94-100(89,90)96-74-77(98-81(86)68-64-60-56-52-48-44-39-35-31-27-23-19-15-11-7-3)72-91-78(83)65-61-57-53-49-45-42-38-34-30-26-22-18-14-10-6-2/h9-10,13-14,16,20-23,25-28,32-36,38-40,43,50,54,75-77,82H,5-8,11-12,15,17-19,24,29-31,37,41-42,44-49,51-53,55-74H2,1-4H3,(H,87,88)(H,89,90)/b13-9-,14-10-,20-16-,25-21-,26-22-,27-23-,32-28-,36-33-,38-34-,39-35-,43-40-,54-50-. The average molecular weight is 1440 g/mol. The molecule has 0 fully saturated rings. The summed E-state index contributed by atoms with van der Waals surface area (Å²) in [5.41, 5.74) is 0. The topological polar surface area (TPSA) is 237 Å². The summed E-state index contributed by atoms with van der Waals surface area (Å²) >= 11 is 0. The van der Waals surface area contributed by atoms with Crippen LogP contribution in [-0.4, -0.2) is 96.7 Å². The van der Waals surface area contributed by atoms with Crippen LogP contribution < -0.4 is 0 Å². The van der Waals surface area contributed by atoms with Crippen LogP contribution in [0.5, 0.6) is 0 Å². The number of esters is 4. The molecule has 5 atom stereocenters. The van der Waals surface area contributed by atoms with Gasteiger partial charge in [-0.1, -0.05) is 251 Å². The van der Waals surface area contributed by atoms with Crippen LogP contribution in [0.1, 0.15) is 285 Å². The molecular formula is C81H134O17P2. The number of allylic oxidation sites excluding steroid dienone is 24. The van der Waals surface area contributed by atoms with E-state index in [4.69, 9.17) is 37.0 Å². The molecule has 0 rings (SSSR count). The molecule has 17 nitrogen and oxygen atoms in total. The van der Waals surface area contributed by atoms with Gasteiger partial charge in [-0.3, -0.25) is 37.3 Å². The molecule has 3 N–H and O–H groups in total. The predicted octanol–water partition coefficient (Wildman–Crippen LogP) is 21.9. The first-order valence-electron chi connectivity index (χ1n) is 38.1. The molecule has 0 aliphatic heterocycles. The van der Waals surface area contributed by atoms with E-state index in [9.17, 15) is 43.2 Å². The van der Waals surface area contributed by atoms with E-state index in [2.05, 4.69) is 161 Å². The van der Waals surface area contributed by atoms with Gasteiger partial charge in [0, 0.05) is 25.7 Å². The van der Waals surface area contributed by atoms with Gasteiger partial charge in [0.15, 0.2) is 12.2 Å². The van der Waals surface area contributed by atoms with Crippen molar-refractivity contribution >= 4 is 39.5 Å². The minimum Gasteiger partial charge on any atom is -0.462 e. The maximum atomic E-state index is 13.1. The first kappa shape index (κ1) is 94.9. The molecule has 0 heterocycles.